The molecule has 0 saturated heterocycles. The highest BCUT2D eigenvalue weighted by atomic mass is 16.5. The fraction of sp³-hybridized carbons (Fsp3) is 0.556. The standard InChI is InChI=1S/C15H17NO3.C3H8O2/c1-19-9-10-6-7-11(8-10)16-14(17)12-4-2-3-5-13(12)15(16)18;1-3(2,4)5/h2-5,10-11H,6-9H2,1H3;4-5H,1-2H3. The Bertz CT molecular complexity index is 567. The molecule has 2 aliphatic rings. The molecule has 1 aliphatic carbocycles. The van der Waals surface area contributed by atoms with Gasteiger partial charge in [0.25, 0.3) is 11.8 Å². The summed E-state index contributed by atoms with van der Waals surface area (Å²) in [5, 5.41) is 16.2. The largest absolute Gasteiger partial charge is 0.384 e. The summed E-state index contributed by atoms with van der Waals surface area (Å²) in [4.78, 5) is 26.1. The van der Waals surface area contributed by atoms with Crippen LogP contribution in [0.5, 0.6) is 0 Å². The van der Waals surface area contributed by atoms with Crippen molar-refractivity contribution in [1.82, 2.24) is 4.90 Å². The molecule has 1 saturated carbocycles. The number of carbonyl (C=O) groups is 2. The Morgan fingerprint density at radius 2 is 1.62 bits per heavy atom. The fourth-order valence-corrected chi connectivity index (χ4v) is 3.21. The average molecular weight is 335 g/mol. The van der Waals surface area contributed by atoms with E-state index >= 15 is 0 Å². The number of carbonyl (C=O) groups excluding carboxylic acids is 2. The second kappa shape index (κ2) is 7.42. The summed E-state index contributed by atoms with van der Waals surface area (Å²) in [6.07, 6.45) is 2.77. The first-order valence-electron chi connectivity index (χ1n) is 8.13. The number of benzene rings is 1. The number of hydrogen-bond acceptors (Lipinski definition) is 5. The average Bonchev–Trinajstić information content (AvgIpc) is 3.03. The van der Waals surface area contributed by atoms with Gasteiger partial charge in [0.05, 0.1) is 11.1 Å². The van der Waals surface area contributed by atoms with E-state index in [2.05, 4.69) is 0 Å². The van der Waals surface area contributed by atoms with Crippen LogP contribution in [0.4, 0.5) is 0 Å². The molecule has 2 N–H and O–H groups in total. The van der Waals surface area contributed by atoms with Gasteiger partial charge in [-0.05, 0) is 51.2 Å². The van der Waals surface area contributed by atoms with Crippen molar-refractivity contribution in [2.75, 3.05) is 13.7 Å². The monoisotopic (exact) mass is 335 g/mol. The van der Waals surface area contributed by atoms with Crippen LogP contribution in [0, 0.1) is 5.92 Å². The lowest BCUT2D eigenvalue weighted by molar-refractivity contribution is -0.127. The topological polar surface area (TPSA) is 87.1 Å². The summed E-state index contributed by atoms with van der Waals surface area (Å²) in [5.41, 5.74) is 1.09. The molecule has 0 radical (unpaired) electrons. The van der Waals surface area contributed by atoms with Crippen molar-refractivity contribution in [2.24, 2.45) is 5.92 Å². The number of methoxy groups -OCH3 is 1. The lowest BCUT2D eigenvalue weighted by Crippen LogP contribution is -2.38. The van der Waals surface area contributed by atoms with Gasteiger partial charge in [-0.3, -0.25) is 14.5 Å². The first-order chi connectivity index (χ1) is 11.2. The summed E-state index contributed by atoms with van der Waals surface area (Å²) >= 11 is 0. The van der Waals surface area contributed by atoms with Crippen molar-refractivity contribution >= 4 is 11.8 Å². The van der Waals surface area contributed by atoms with Crippen LogP contribution in [-0.4, -0.2) is 52.5 Å². The van der Waals surface area contributed by atoms with Crippen LogP contribution < -0.4 is 0 Å². The Balaban J connectivity index is 0.000000368. The van der Waals surface area contributed by atoms with E-state index in [1.807, 2.05) is 0 Å². The van der Waals surface area contributed by atoms with Gasteiger partial charge in [-0.15, -0.1) is 0 Å². The summed E-state index contributed by atoms with van der Waals surface area (Å²) in [5.74, 6) is -1.31. The maximum atomic E-state index is 12.3. The van der Waals surface area contributed by atoms with Gasteiger partial charge in [-0.25, -0.2) is 0 Å². The van der Waals surface area contributed by atoms with Crippen LogP contribution in [-0.2, 0) is 4.74 Å². The Morgan fingerprint density at radius 3 is 2.08 bits per heavy atom. The van der Waals surface area contributed by atoms with Crippen molar-refractivity contribution < 1.29 is 24.5 Å². The molecule has 24 heavy (non-hydrogen) atoms. The maximum absolute atomic E-state index is 12.3. The highest BCUT2D eigenvalue weighted by Crippen LogP contribution is 2.34. The van der Waals surface area contributed by atoms with E-state index in [0.717, 1.165) is 19.3 Å². The van der Waals surface area contributed by atoms with E-state index in [-0.39, 0.29) is 17.9 Å². The number of nitrogens with zero attached hydrogens (tertiary/aromatic N) is 1. The number of imide groups is 1. The van der Waals surface area contributed by atoms with E-state index in [1.54, 1.807) is 31.4 Å². The molecule has 1 aromatic carbocycles. The highest BCUT2D eigenvalue weighted by Gasteiger charge is 2.42. The molecule has 132 valence electrons. The number of amides is 2. The van der Waals surface area contributed by atoms with Crippen LogP contribution in [0.15, 0.2) is 24.3 Å². The van der Waals surface area contributed by atoms with Gasteiger partial charge in [-0.2, -0.15) is 0 Å². The van der Waals surface area contributed by atoms with E-state index in [1.165, 1.54) is 18.7 Å². The number of hydrogen-bond donors (Lipinski definition) is 2. The van der Waals surface area contributed by atoms with E-state index < -0.39 is 5.79 Å². The number of fused-ring (bicyclic) bond motifs is 1. The predicted octanol–water partition coefficient (Wildman–Crippen LogP) is 1.80. The number of ether oxygens (including phenoxy) is 1. The molecule has 2 amide bonds. The Morgan fingerprint density at radius 1 is 1.12 bits per heavy atom. The number of aliphatic hydroxyl groups is 2. The normalized spacial score (nSPS) is 23.1. The summed E-state index contributed by atoms with van der Waals surface area (Å²) < 4.78 is 5.16. The van der Waals surface area contributed by atoms with Crippen molar-refractivity contribution in [2.45, 2.75) is 44.9 Å². The molecule has 2 unspecified atom stereocenters. The first kappa shape index (κ1) is 18.6. The molecule has 0 spiro atoms. The van der Waals surface area contributed by atoms with Crippen molar-refractivity contribution in [3.63, 3.8) is 0 Å². The third-order valence-corrected chi connectivity index (χ3v) is 4.11. The zero-order chi connectivity index (χ0) is 17.9. The third kappa shape index (κ3) is 4.41. The van der Waals surface area contributed by atoms with E-state index in [0.29, 0.717) is 23.7 Å². The van der Waals surface area contributed by atoms with Gasteiger partial charge in [0.1, 0.15) is 0 Å². The molecule has 3 rings (SSSR count). The fourth-order valence-electron chi connectivity index (χ4n) is 3.21. The molecule has 2 atom stereocenters. The SMILES string of the molecule is CC(C)(O)O.COCC1CCC(N2C(=O)c3ccccc3C2=O)C1. The molecular weight excluding hydrogens is 310 g/mol. The molecule has 1 aromatic rings. The van der Waals surface area contributed by atoms with Gasteiger partial charge in [-0.1, -0.05) is 12.1 Å². The molecule has 6 nitrogen and oxygen atoms in total. The van der Waals surface area contributed by atoms with E-state index in [9.17, 15) is 9.59 Å². The lowest BCUT2D eigenvalue weighted by Gasteiger charge is -2.22. The number of rotatable bonds is 3. The van der Waals surface area contributed by atoms with Crippen molar-refractivity contribution in [3.8, 4) is 0 Å². The van der Waals surface area contributed by atoms with Gasteiger partial charge < -0.3 is 14.9 Å². The Hall–Kier alpha value is -1.76. The van der Waals surface area contributed by atoms with Crippen molar-refractivity contribution in [1.29, 1.82) is 0 Å². The second-order valence-electron chi connectivity index (χ2n) is 6.81. The molecule has 6 heteroatoms. The zero-order valence-corrected chi connectivity index (χ0v) is 14.4. The van der Waals surface area contributed by atoms with Gasteiger partial charge >= 0.3 is 0 Å². The van der Waals surface area contributed by atoms with Crippen LogP contribution in [0.2, 0.25) is 0 Å². The van der Waals surface area contributed by atoms with Gasteiger partial charge in [0.2, 0.25) is 0 Å². The third-order valence-electron chi connectivity index (χ3n) is 4.11. The molecule has 1 aliphatic heterocycles. The molecule has 1 fully saturated rings. The first-order valence-corrected chi connectivity index (χ1v) is 8.13. The molecule has 0 aromatic heterocycles. The minimum absolute atomic E-state index is 0.0348. The smallest absolute Gasteiger partial charge is 0.261 e. The van der Waals surface area contributed by atoms with Gasteiger partial charge in [0.15, 0.2) is 5.79 Å². The quantitative estimate of drug-likeness (QED) is 0.650. The van der Waals surface area contributed by atoms with E-state index in [4.69, 9.17) is 14.9 Å². The minimum Gasteiger partial charge on any atom is -0.384 e. The predicted molar refractivity (Wildman–Crippen MR) is 88.5 cm³/mol. The molecule has 1 heterocycles. The summed E-state index contributed by atoms with van der Waals surface area (Å²) in [7, 11) is 1.69. The lowest BCUT2D eigenvalue weighted by atomic mass is 10.1. The maximum Gasteiger partial charge on any atom is 0.261 e. The Kier molecular flexibility index (Phi) is 5.74. The van der Waals surface area contributed by atoms with Crippen LogP contribution in [0.25, 0.3) is 0 Å². The minimum atomic E-state index is -1.50. The summed E-state index contributed by atoms with van der Waals surface area (Å²) in [6, 6.07) is 7.10. The molecular formula is C18H25NO5. The molecule has 0 bridgehead atoms. The van der Waals surface area contributed by atoms with Crippen LogP contribution in [0.3, 0.4) is 0 Å². The van der Waals surface area contributed by atoms with Crippen LogP contribution in [0.1, 0.15) is 53.8 Å². The van der Waals surface area contributed by atoms with Gasteiger partial charge in [0, 0.05) is 19.8 Å². The van der Waals surface area contributed by atoms with Crippen LogP contribution >= 0.6 is 0 Å². The summed E-state index contributed by atoms with van der Waals surface area (Å²) in [6.45, 7) is 3.31. The Labute approximate surface area is 142 Å². The highest BCUT2D eigenvalue weighted by molar-refractivity contribution is 6.21. The second-order valence-corrected chi connectivity index (χ2v) is 6.81. The van der Waals surface area contributed by atoms with Crippen molar-refractivity contribution in [3.05, 3.63) is 35.4 Å². The zero-order valence-electron chi connectivity index (χ0n) is 14.4.